The molecule has 0 heterocycles. The lowest BCUT2D eigenvalue weighted by Crippen LogP contribution is -2.32. The zero-order chi connectivity index (χ0) is 31.1. The number of ether oxygens (including phenoxy) is 1. The predicted octanol–water partition coefficient (Wildman–Crippen LogP) is 7.29. The normalized spacial score (nSPS) is 11.7. The molecule has 0 bridgehead atoms. The van der Waals surface area contributed by atoms with E-state index in [0.717, 1.165) is 44.7 Å². The number of nitrogens with one attached hydrogen (secondary N) is 1. The lowest BCUT2D eigenvalue weighted by atomic mass is 9.84. The summed E-state index contributed by atoms with van der Waals surface area (Å²) in [5.41, 5.74) is 6.95. The fourth-order valence-corrected chi connectivity index (χ4v) is 6.20. The SMILES string of the molecule is CC(C)c1cc(-c2ccccc2OCc2ccccc2)cc(C(C)C)c1CC(=O)NS(=O)(=O)c1ccc(CN(C)C)cc1. The van der Waals surface area contributed by atoms with Crippen LogP contribution >= 0.6 is 0 Å². The Morgan fingerprint density at radius 1 is 0.791 bits per heavy atom. The van der Waals surface area contributed by atoms with E-state index in [4.69, 9.17) is 4.74 Å². The van der Waals surface area contributed by atoms with Crippen LogP contribution in [0.25, 0.3) is 11.1 Å². The van der Waals surface area contributed by atoms with Crippen LogP contribution in [0, 0.1) is 0 Å². The van der Waals surface area contributed by atoms with Gasteiger partial charge in [0, 0.05) is 12.1 Å². The first kappa shape index (κ1) is 32.0. The molecule has 43 heavy (non-hydrogen) atoms. The first-order chi connectivity index (χ1) is 20.4. The maximum atomic E-state index is 13.3. The Labute approximate surface area is 256 Å². The van der Waals surface area contributed by atoms with Gasteiger partial charge in [-0.25, -0.2) is 13.1 Å². The van der Waals surface area contributed by atoms with Crippen LogP contribution in [0.3, 0.4) is 0 Å². The molecule has 0 radical (unpaired) electrons. The smallest absolute Gasteiger partial charge is 0.264 e. The van der Waals surface area contributed by atoms with Crippen LogP contribution in [-0.2, 0) is 34.4 Å². The molecular weight excluding hydrogens is 556 g/mol. The molecule has 0 fully saturated rings. The molecule has 6 nitrogen and oxygen atoms in total. The van der Waals surface area contributed by atoms with E-state index >= 15 is 0 Å². The fourth-order valence-electron chi connectivity index (χ4n) is 5.22. The second-order valence-electron chi connectivity index (χ2n) is 11.8. The largest absolute Gasteiger partial charge is 0.488 e. The molecule has 0 spiro atoms. The number of nitrogens with zero attached hydrogens (tertiary/aromatic N) is 1. The standard InChI is InChI=1S/C36H42N2O4S/c1-25(2)32-20-29(31-14-10-11-15-35(31)42-24-28-12-8-7-9-13-28)21-33(26(3)4)34(32)22-36(39)37-43(40,41)30-18-16-27(17-19-30)23-38(5)6/h7-21,25-26H,22-24H2,1-6H3,(H,37,39). The van der Waals surface area contributed by atoms with E-state index < -0.39 is 15.9 Å². The molecule has 1 N–H and O–H groups in total. The lowest BCUT2D eigenvalue weighted by Gasteiger charge is -2.22. The topological polar surface area (TPSA) is 75.7 Å². The molecule has 0 unspecified atom stereocenters. The predicted molar refractivity (Wildman–Crippen MR) is 174 cm³/mol. The van der Waals surface area contributed by atoms with Crippen molar-refractivity contribution in [2.24, 2.45) is 0 Å². The summed E-state index contributed by atoms with van der Waals surface area (Å²) in [5.74, 6) is 0.446. The number of amides is 1. The van der Waals surface area contributed by atoms with Crippen LogP contribution < -0.4 is 9.46 Å². The molecule has 4 aromatic carbocycles. The molecule has 0 aliphatic carbocycles. The Kier molecular flexibility index (Phi) is 10.4. The van der Waals surface area contributed by atoms with E-state index in [1.807, 2.05) is 73.6 Å². The van der Waals surface area contributed by atoms with E-state index in [1.54, 1.807) is 24.3 Å². The number of carbonyl (C=O) groups excluding carboxylic acids is 1. The van der Waals surface area contributed by atoms with Gasteiger partial charge in [0.2, 0.25) is 5.91 Å². The third-order valence-corrected chi connectivity index (χ3v) is 8.71. The van der Waals surface area contributed by atoms with Crippen LogP contribution in [0.4, 0.5) is 0 Å². The number of hydrogen-bond acceptors (Lipinski definition) is 5. The van der Waals surface area contributed by atoms with Crippen LogP contribution in [0.1, 0.15) is 67.3 Å². The molecule has 0 aliphatic rings. The zero-order valence-corrected chi connectivity index (χ0v) is 26.7. The van der Waals surface area contributed by atoms with Gasteiger partial charge in [-0.15, -0.1) is 0 Å². The van der Waals surface area contributed by atoms with E-state index in [9.17, 15) is 13.2 Å². The summed E-state index contributed by atoms with van der Waals surface area (Å²) in [4.78, 5) is 15.3. The maximum absolute atomic E-state index is 13.3. The van der Waals surface area contributed by atoms with Crippen LogP contribution in [0.15, 0.2) is 95.9 Å². The summed E-state index contributed by atoms with van der Waals surface area (Å²) >= 11 is 0. The maximum Gasteiger partial charge on any atom is 0.264 e. The van der Waals surface area contributed by atoms with Gasteiger partial charge < -0.3 is 9.64 Å². The lowest BCUT2D eigenvalue weighted by molar-refractivity contribution is -0.118. The van der Waals surface area contributed by atoms with Gasteiger partial charge in [0.25, 0.3) is 10.0 Å². The van der Waals surface area contributed by atoms with E-state index in [0.29, 0.717) is 13.2 Å². The number of benzene rings is 4. The molecule has 0 saturated heterocycles. The van der Waals surface area contributed by atoms with Crippen LogP contribution in [0.5, 0.6) is 5.75 Å². The minimum absolute atomic E-state index is 0.0363. The first-order valence-corrected chi connectivity index (χ1v) is 16.1. The summed E-state index contributed by atoms with van der Waals surface area (Å²) in [6.07, 6.45) is -0.0363. The monoisotopic (exact) mass is 598 g/mol. The van der Waals surface area contributed by atoms with Gasteiger partial charge in [0.15, 0.2) is 0 Å². The molecule has 7 heteroatoms. The van der Waals surface area contributed by atoms with Gasteiger partial charge in [-0.2, -0.15) is 0 Å². The van der Waals surface area contributed by atoms with Crippen molar-refractivity contribution in [3.05, 3.63) is 119 Å². The second kappa shape index (κ2) is 14.0. The van der Waals surface area contributed by atoms with Gasteiger partial charge in [0.1, 0.15) is 12.4 Å². The Bertz CT molecular complexity index is 1620. The van der Waals surface area contributed by atoms with Gasteiger partial charge >= 0.3 is 0 Å². The molecule has 0 saturated carbocycles. The Morgan fingerprint density at radius 2 is 1.37 bits per heavy atom. The number of para-hydroxylation sites is 1. The Balaban J connectivity index is 1.63. The molecule has 4 rings (SSSR count). The Hall–Kier alpha value is -3.94. The van der Waals surface area contributed by atoms with Gasteiger partial charge in [-0.1, -0.05) is 100 Å². The third-order valence-electron chi connectivity index (χ3n) is 7.32. The van der Waals surface area contributed by atoms with Crippen molar-refractivity contribution in [1.29, 1.82) is 0 Å². The quantitative estimate of drug-likeness (QED) is 0.185. The van der Waals surface area contributed by atoms with Crippen molar-refractivity contribution >= 4 is 15.9 Å². The highest BCUT2D eigenvalue weighted by Crippen LogP contribution is 2.37. The molecule has 0 aliphatic heterocycles. The molecule has 1 amide bonds. The fraction of sp³-hybridized carbons (Fsp3) is 0.306. The number of sulfonamides is 1. The van der Waals surface area contributed by atoms with Gasteiger partial charge in [-0.05, 0) is 77.5 Å². The van der Waals surface area contributed by atoms with Crippen molar-refractivity contribution < 1.29 is 17.9 Å². The van der Waals surface area contributed by atoms with Gasteiger partial charge in [-0.3, -0.25) is 4.79 Å². The summed E-state index contributed by atoms with van der Waals surface area (Å²) in [7, 11) is -0.104. The van der Waals surface area contributed by atoms with E-state index in [-0.39, 0.29) is 23.2 Å². The highest BCUT2D eigenvalue weighted by Gasteiger charge is 2.23. The molecule has 0 atom stereocenters. The summed E-state index contributed by atoms with van der Waals surface area (Å²) in [5, 5.41) is 0. The highest BCUT2D eigenvalue weighted by atomic mass is 32.2. The van der Waals surface area contributed by atoms with Crippen molar-refractivity contribution in [2.75, 3.05) is 14.1 Å². The van der Waals surface area contributed by atoms with Crippen molar-refractivity contribution in [3.8, 4) is 16.9 Å². The van der Waals surface area contributed by atoms with Gasteiger partial charge in [0.05, 0.1) is 11.3 Å². The summed E-state index contributed by atoms with van der Waals surface area (Å²) in [6, 6.07) is 28.9. The third kappa shape index (κ3) is 8.33. The Morgan fingerprint density at radius 3 is 1.95 bits per heavy atom. The minimum Gasteiger partial charge on any atom is -0.488 e. The molecular formula is C36H42N2O4S. The summed E-state index contributed by atoms with van der Waals surface area (Å²) in [6.45, 7) is 9.52. The van der Waals surface area contributed by atoms with E-state index in [1.165, 1.54) is 0 Å². The van der Waals surface area contributed by atoms with Crippen molar-refractivity contribution in [3.63, 3.8) is 0 Å². The average molecular weight is 599 g/mol. The number of rotatable bonds is 12. The van der Waals surface area contributed by atoms with Crippen molar-refractivity contribution in [1.82, 2.24) is 9.62 Å². The minimum atomic E-state index is -4.01. The number of hydrogen-bond donors (Lipinski definition) is 1. The first-order valence-electron chi connectivity index (χ1n) is 14.7. The molecule has 226 valence electrons. The molecule has 0 aromatic heterocycles. The van der Waals surface area contributed by atoms with Crippen LogP contribution in [0.2, 0.25) is 0 Å². The molecule has 4 aromatic rings. The second-order valence-corrected chi connectivity index (χ2v) is 13.5. The highest BCUT2D eigenvalue weighted by molar-refractivity contribution is 7.90. The average Bonchev–Trinajstić information content (AvgIpc) is 2.96. The summed E-state index contributed by atoms with van der Waals surface area (Å²) < 4.78 is 34.7. The van der Waals surface area contributed by atoms with E-state index in [2.05, 4.69) is 44.5 Å². The van der Waals surface area contributed by atoms with Crippen molar-refractivity contribution in [2.45, 2.75) is 64.0 Å². The number of carbonyl (C=O) groups is 1. The zero-order valence-electron chi connectivity index (χ0n) is 25.9. The van der Waals surface area contributed by atoms with Crippen LogP contribution in [-0.4, -0.2) is 33.3 Å².